The van der Waals surface area contributed by atoms with Crippen LogP contribution in [-0.4, -0.2) is 36.5 Å². The highest BCUT2D eigenvalue weighted by Crippen LogP contribution is 2.27. The first-order chi connectivity index (χ1) is 8.74. The molecule has 1 aliphatic carbocycles. The lowest BCUT2D eigenvalue weighted by molar-refractivity contribution is -0.121. The van der Waals surface area contributed by atoms with Crippen LogP contribution in [0.5, 0.6) is 0 Å². The van der Waals surface area contributed by atoms with Crippen molar-refractivity contribution in [2.24, 2.45) is 11.8 Å². The first-order valence-corrected chi connectivity index (χ1v) is 8.47. The van der Waals surface area contributed by atoms with Crippen molar-refractivity contribution >= 4 is 17.7 Å². The zero-order chi connectivity index (χ0) is 12.8. The van der Waals surface area contributed by atoms with Gasteiger partial charge in [0.05, 0.1) is 0 Å². The van der Waals surface area contributed by atoms with E-state index in [0.717, 1.165) is 30.7 Å². The van der Waals surface area contributed by atoms with Gasteiger partial charge in [0.2, 0.25) is 5.91 Å². The van der Waals surface area contributed by atoms with E-state index in [2.05, 4.69) is 17.6 Å². The summed E-state index contributed by atoms with van der Waals surface area (Å²) >= 11 is 1.95. The first-order valence-electron chi connectivity index (χ1n) is 7.32. The van der Waals surface area contributed by atoms with Crippen molar-refractivity contribution in [1.29, 1.82) is 0 Å². The largest absolute Gasteiger partial charge is 0.356 e. The summed E-state index contributed by atoms with van der Waals surface area (Å²) in [5.74, 6) is 4.10. The quantitative estimate of drug-likeness (QED) is 0.821. The Kier molecular flexibility index (Phi) is 5.83. The zero-order valence-corrected chi connectivity index (χ0v) is 12.2. The molecule has 1 heterocycles. The molecule has 1 amide bonds. The number of carbonyl (C=O) groups is 1. The van der Waals surface area contributed by atoms with Crippen LogP contribution < -0.4 is 10.6 Å². The van der Waals surface area contributed by atoms with Crippen LogP contribution in [-0.2, 0) is 4.79 Å². The third kappa shape index (κ3) is 4.81. The lowest BCUT2D eigenvalue weighted by atomic mass is 9.83. The summed E-state index contributed by atoms with van der Waals surface area (Å²) in [7, 11) is 0. The minimum absolute atomic E-state index is 0.230. The Hall–Kier alpha value is -0.220. The molecular formula is C14H26N2OS. The molecule has 0 radical (unpaired) electrons. The zero-order valence-electron chi connectivity index (χ0n) is 11.4. The second-order valence-electron chi connectivity index (χ2n) is 5.86. The molecule has 18 heavy (non-hydrogen) atoms. The minimum Gasteiger partial charge on any atom is -0.356 e. The van der Waals surface area contributed by atoms with E-state index < -0.39 is 0 Å². The highest BCUT2D eigenvalue weighted by Gasteiger charge is 2.20. The smallest absolute Gasteiger partial charge is 0.221 e. The molecule has 1 unspecified atom stereocenters. The SMILES string of the molecule is CC1CCC(CNC(=O)CC2CSCCN2)CC1. The van der Waals surface area contributed by atoms with E-state index in [1.165, 1.54) is 31.4 Å². The maximum atomic E-state index is 11.9. The molecule has 2 fully saturated rings. The van der Waals surface area contributed by atoms with Crippen LogP contribution in [0.2, 0.25) is 0 Å². The van der Waals surface area contributed by atoms with Crippen molar-refractivity contribution in [2.45, 2.75) is 45.1 Å². The molecule has 1 aliphatic heterocycles. The lowest BCUT2D eigenvalue weighted by Gasteiger charge is -2.27. The van der Waals surface area contributed by atoms with Gasteiger partial charge in [-0.3, -0.25) is 4.79 Å². The van der Waals surface area contributed by atoms with Gasteiger partial charge in [-0.2, -0.15) is 11.8 Å². The van der Waals surface area contributed by atoms with Crippen molar-refractivity contribution in [3.8, 4) is 0 Å². The number of carbonyl (C=O) groups excluding carboxylic acids is 1. The van der Waals surface area contributed by atoms with Crippen molar-refractivity contribution in [3.05, 3.63) is 0 Å². The minimum atomic E-state index is 0.230. The summed E-state index contributed by atoms with van der Waals surface area (Å²) in [4.78, 5) is 11.9. The number of thioether (sulfide) groups is 1. The molecule has 2 N–H and O–H groups in total. The van der Waals surface area contributed by atoms with Crippen molar-refractivity contribution in [1.82, 2.24) is 10.6 Å². The predicted octanol–water partition coefficient (Wildman–Crippen LogP) is 2.02. The van der Waals surface area contributed by atoms with Crippen molar-refractivity contribution in [3.63, 3.8) is 0 Å². The Morgan fingerprint density at radius 2 is 2.11 bits per heavy atom. The Balaban J connectivity index is 1.59. The topological polar surface area (TPSA) is 41.1 Å². The second-order valence-corrected chi connectivity index (χ2v) is 7.01. The number of rotatable bonds is 4. The number of amides is 1. The van der Waals surface area contributed by atoms with E-state index in [0.29, 0.717) is 12.5 Å². The third-order valence-corrected chi connectivity index (χ3v) is 5.28. The van der Waals surface area contributed by atoms with Crippen molar-refractivity contribution in [2.75, 3.05) is 24.6 Å². The number of hydrogen-bond acceptors (Lipinski definition) is 3. The Bertz CT molecular complexity index is 259. The monoisotopic (exact) mass is 270 g/mol. The van der Waals surface area contributed by atoms with Crippen molar-refractivity contribution < 1.29 is 4.79 Å². The Morgan fingerprint density at radius 3 is 2.78 bits per heavy atom. The molecule has 0 spiro atoms. The van der Waals surface area contributed by atoms with Crippen LogP contribution >= 0.6 is 11.8 Å². The van der Waals surface area contributed by atoms with Gasteiger partial charge in [0.25, 0.3) is 0 Å². The summed E-state index contributed by atoms with van der Waals surface area (Å²) in [5.41, 5.74) is 0. The predicted molar refractivity (Wildman–Crippen MR) is 77.9 cm³/mol. The standard InChI is InChI=1S/C14H26N2OS/c1-11-2-4-12(5-3-11)9-16-14(17)8-13-10-18-7-6-15-13/h11-13,15H,2-10H2,1H3,(H,16,17). The van der Waals surface area contributed by atoms with E-state index in [-0.39, 0.29) is 5.91 Å². The van der Waals surface area contributed by atoms with Gasteiger partial charge in [-0.15, -0.1) is 0 Å². The first kappa shape index (κ1) is 14.2. The fourth-order valence-electron chi connectivity index (χ4n) is 2.84. The molecule has 1 atom stereocenters. The van der Waals surface area contributed by atoms with Crippen LogP contribution in [0, 0.1) is 11.8 Å². The van der Waals surface area contributed by atoms with Gasteiger partial charge in [-0.25, -0.2) is 0 Å². The second kappa shape index (κ2) is 7.39. The molecule has 104 valence electrons. The normalized spacial score (nSPS) is 33.1. The van der Waals surface area contributed by atoms with Gasteiger partial charge in [0.15, 0.2) is 0 Å². The average Bonchev–Trinajstić information content (AvgIpc) is 2.39. The fraction of sp³-hybridized carbons (Fsp3) is 0.929. The molecule has 4 heteroatoms. The highest BCUT2D eigenvalue weighted by atomic mass is 32.2. The molecule has 2 aliphatic rings. The van der Waals surface area contributed by atoms with Crippen LogP contribution in [0.1, 0.15) is 39.0 Å². The Labute approximate surface area is 115 Å². The molecular weight excluding hydrogens is 244 g/mol. The molecule has 0 aromatic rings. The van der Waals surface area contributed by atoms with Crippen LogP contribution in [0.3, 0.4) is 0 Å². The molecule has 0 bridgehead atoms. The fourth-order valence-corrected chi connectivity index (χ4v) is 3.79. The summed E-state index contributed by atoms with van der Waals surface area (Å²) < 4.78 is 0. The van der Waals surface area contributed by atoms with Gasteiger partial charge >= 0.3 is 0 Å². The van der Waals surface area contributed by atoms with E-state index in [9.17, 15) is 4.79 Å². The van der Waals surface area contributed by atoms with E-state index >= 15 is 0 Å². The number of nitrogens with one attached hydrogen (secondary N) is 2. The average molecular weight is 270 g/mol. The Morgan fingerprint density at radius 1 is 1.33 bits per heavy atom. The third-order valence-electron chi connectivity index (χ3n) is 4.15. The van der Waals surface area contributed by atoms with Gasteiger partial charge < -0.3 is 10.6 Å². The molecule has 0 aromatic heterocycles. The molecule has 1 saturated carbocycles. The molecule has 0 aromatic carbocycles. The maximum absolute atomic E-state index is 11.9. The summed E-state index contributed by atoms with van der Waals surface area (Å²) in [6.45, 7) is 4.27. The molecule has 2 rings (SSSR count). The highest BCUT2D eigenvalue weighted by molar-refractivity contribution is 7.99. The van der Waals surface area contributed by atoms with Gasteiger partial charge in [-0.1, -0.05) is 19.8 Å². The van der Waals surface area contributed by atoms with Crippen LogP contribution in [0.4, 0.5) is 0 Å². The number of hydrogen-bond donors (Lipinski definition) is 2. The lowest BCUT2D eigenvalue weighted by Crippen LogP contribution is -2.42. The maximum Gasteiger partial charge on any atom is 0.221 e. The van der Waals surface area contributed by atoms with E-state index in [1.807, 2.05) is 11.8 Å². The molecule has 3 nitrogen and oxygen atoms in total. The van der Waals surface area contributed by atoms with E-state index in [4.69, 9.17) is 0 Å². The molecule has 1 saturated heterocycles. The summed E-state index contributed by atoms with van der Waals surface area (Å²) in [6, 6.07) is 0.384. The van der Waals surface area contributed by atoms with Crippen LogP contribution in [0.15, 0.2) is 0 Å². The van der Waals surface area contributed by atoms with Crippen LogP contribution in [0.25, 0.3) is 0 Å². The van der Waals surface area contributed by atoms with Gasteiger partial charge in [0.1, 0.15) is 0 Å². The summed E-state index contributed by atoms with van der Waals surface area (Å²) in [5, 5.41) is 6.54. The van der Waals surface area contributed by atoms with E-state index in [1.54, 1.807) is 0 Å². The summed E-state index contributed by atoms with van der Waals surface area (Å²) in [6.07, 6.45) is 5.90. The van der Waals surface area contributed by atoms with Gasteiger partial charge in [0, 0.05) is 37.1 Å². The van der Waals surface area contributed by atoms with Gasteiger partial charge in [-0.05, 0) is 24.7 Å².